The molecule has 2 aliphatic rings. The Morgan fingerprint density at radius 3 is 2.78 bits per heavy atom. The molecule has 2 aliphatic carbocycles. The number of anilines is 1. The molecule has 18 heavy (non-hydrogen) atoms. The third-order valence-corrected chi connectivity index (χ3v) is 4.74. The second-order valence-corrected chi connectivity index (χ2v) is 6.28. The smallest absolute Gasteiger partial charge is 0.106 e. The fourth-order valence-electron chi connectivity index (χ4n) is 3.61. The predicted molar refractivity (Wildman–Crippen MR) is 79.9 cm³/mol. The molecule has 0 radical (unpaired) electrons. The van der Waals surface area contributed by atoms with Crippen molar-refractivity contribution < 1.29 is 0 Å². The van der Waals surface area contributed by atoms with Gasteiger partial charge < -0.3 is 11.1 Å². The first-order valence-corrected chi connectivity index (χ1v) is 7.21. The van der Waals surface area contributed by atoms with Crippen LogP contribution in [0.4, 0.5) is 5.69 Å². The largest absolute Gasteiger partial charge is 0.389 e. The van der Waals surface area contributed by atoms with Gasteiger partial charge in [-0.1, -0.05) is 30.3 Å². The zero-order chi connectivity index (χ0) is 12.7. The monoisotopic (exact) mass is 260 g/mol. The fraction of sp³-hybridized carbons (Fsp3) is 0.533. The van der Waals surface area contributed by atoms with E-state index < -0.39 is 0 Å². The Kier molecular flexibility index (Phi) is 3.02. The minimum atomic E-state index is 0.490. The molecule has 0 amide bonds. The van der Waals surface area contributed by atoms with Crippen LogP contribution in [0.2, 0.25) is 0 Å². The van der Waals surface area contributed by atoms with E-state index in [9.17, 15) is 0 Å². The Labute approximate surface area is 114 Å². The summed E-state index contributed by atoms with van der Waals surface area (Å²) in [6.45, 7) is 2.07. The van der Waals surface area contributed by atoms with Gasteiger partial charge in [0.2, 0.25) is 0 Å². The Hall–Kier alpha value is -1.09. The summed E-state index contributed by atoms with van der Waals surface area (Å²) in [6.07, 6.45) is 5.54. The summed E-state index contributed by atoms with van der Waals surface area (Å²) >= 11 is 5.15. The first-order chi connectivity index (χ1) is 8.63. The zero-order valence-corrected chi connectivity index (χ0v) is 11.6. The Morgan fingerprint density at radius 2 is 2.17 bits per heavy atom. The maximum atomic E-state index is 5.83. The number of hydrogen-bond donors (Lipinski definition) is 2. The van der Waals surface area contributed by atoms with E-state index in [4.69, 9.17) is 18.0 Å². The van der Waals surface area contributed by atoms with Crippen LogP contribution in [-0.2, 0) is 0 Å². The molecule has 0 saturated heterocycles. The van der Waals surface area contributed by atoms with E-state index in [0.717, 1.165) is 23.1 Å². The van der Waals surface area contributed by atoms with E-state index in [1.165, 1.54) is 31.2 Å². The lowest BCUT2D eigenvalue weighted by Crippen LogP contribution is -2.27. The Bertz CT molecular complexity index is 483. The summed E-state index contributed by atoms with van der Waals surface area (Å²) < 4.78 is 0. The average Bonchev–Trinajstić information content (AvgIpc) is 2.93. The molecular formula is C15H20N2S. The summed E-state index contributed by atoms with van der Waals surface area (Å²) in [6, 6.07) is 6.95. The van der Waals surface area contributed by atoms with E-state index in [2.05, 4.69) is 30.4 Å². The minimum Gasteiger partial charge on any atom is -0.389 e. The molecule has 0 spiro atoms. The summed E-state index contributed by atoms with van der Waals surface area (Å²) in [5.41, 5.74) is 9.14. The van der Waals surface area contributed by atoms with Gasteiger partial charge in [-0.25, -0.2) is 0 Å². The molecule has 3 atom stereocenters. The Morgan fingerprint density at radius 1 is 1.33 bits per heavy atom. The predicted octanol–water partition coefficient (Wildman–Crippen LogP) is 3.23. The SMILES string of the molecule is Cc1ccc(NC2CC3CCC2C3)c(C(N)=S)c1. The number of fused-ring (bicyclic) bond motifs is 2. The third kappa shape index (κ3) is 2.12. The van der Waals surface area contributed by atoms with Crippen molar-refractivity contribution >= 4 is 22.9 Å². The normalized spacial score (nSPS) is 29.5. The van der Waals surface area contributed by atoms with Crippen molar-refractivity contribution in [1.29, 1.82) is 0 Å². The highest BCUT2D eigenvalue weighted by molar-refractivity contribution is 7.80. The van der Waals surface area contributed by atoms with Crippen LogP contribution in [0.1, 0.15) is 36.8 Å². The van der Waals surface area contributed by atoms with Gasteiger partial charge in [0.25, 0.3) is 0 Å². The summed E-state index contributed by atoms with van der Waals surface area (Å²) in [5.74, 6) is 1.81. The Balaban J connectivity index is 1.82. The van der Waals surface area contributed by atoms with Gasteiger partial charge in [-0.3, -0.25) is 0 Å². The van der Waals surface area contributed by atoms with Gasteiger partial charge in [-0.05, 0) is 50.2 Å². The number of thiocarbonyl (C=S) groups is 1. The van der Waals surface area contributed by atoms with Gasteiger partial charge in [0, 0.05) is 17.3 Å². The van der Waals surface area contributed by atoms with E-state index in [-0.39, 0.29) is 0 Å². The molecule has 2 fully saturated rings. The van der Waals surface area contributed by atoms with Crippen molar-refractivity contribution in [3.8, 4) is 0 Å². The molecule has 1 aromatic rings. The molecule has 2 nitrogen and oxygen atoms in total. The first-order valence-electron chi connectivity index (χ1n) is 6.80. The molecule has 3 heteroatoms. The second-order valence-electron chi connectivity index (χ2n) is 5.84. The summed E-state index contributed by atoms with van der Waals surface area (Å²) in [7, 11) is 0. The molecule has 0 aliphatic heterocycles. The molecular weight excluding hydrogens is 240 g/mol. The van der Waals surface area contributed by atoms with Crippen molar-refractivity contribution in [2.75, 3.05) is 5.32 Å². The molecule has 2 bridgehead atoms. The molecule has 3 rings (SSSR count). The number of rotatable bonds is 3. The molecule has 96 valence electrons. The van der Waals surface area contributed by atoms with Crippen molar-refractivity contribution in [3.63, 3.8) is 0 Å². The van der Waals surface area contributed by atoms with Crippen molar-refractivity contribution in [2.24, 2.45) is 17.6 Å². The maximum Gasteiger partial charge on any atom is 0.106 e. The van der Waals surface area contributed by atoms with Gasteiger partial charge in [0.05, 0.1) is 0 Å². The molecule has 2 saturated carbocycles. The number of nitrogens with two attached hydrogens (primary N) is 1. The molecule has 0 aromatic heterocycles. The fourth-order valence-corrected chi connectivity index (χ4v) is 3.78. The van der Waals surface area contributed by atoms with E-state index in [1.807, 2.05) is 0 Å². The van der Waals surface area contributed by atoms with Crippen LogP contribution in [0.25, 0.3) is 0 Å². The van der Waals surface area contributed by atoms with Crippen LogP contribution in [0.3, 0.4) is 0 Å². The third-order valence-electron chi connectivity index (χ3n) is 4.52. The van der Waals surface area contributed by atoms with Gasteiger partial charge in [0.15, 0.2) is 0 Å². The highest BCUT2D eigenvalue weighted by atomic mass is 32.1. The van der Waals surface area contributed by atoms with Gasteiger partial charge in [0.1, 0.15) is 4.99 Å². The van der Waals surface area contributed by atoms with E-state index in [1.54, 1.807) is 0 Å². The molecule has 3 unspecified atom stereocenters. The lowest BCUT2D eigenvalue weighted by Gasteiger charge is -2.25. The number of nitrogens with one attached hydrogen (secondary N) is 1. The lowest BCUT2D eigenvalue weighted by atomic mass is 9.94. The zero-order valence-electron chi connectivity index (χ0n) is 10.8. The van der Waals surface area contributed by atoms with Crippen LogP contribution in [0.5, 0.6) is 0 Å². The van der Waals surface area contributed by atoms with Gasteiger partial charge in [-0.15, -0.1) is 0 Å². The molecule has 1 aromatic carbocycles. The van der Waals surface area contributed by atoms with Crippen LogP contribution < -0.4 is 11.1 Å². The van der Waals surface area contributed by atoms with Gasteiger partial charge >= 0.3 is 0 Å². The number of hydrogen-bond acceptors (Lipinski definition) is 2. The first kappa shape index (κ1) is 12.0. The van der Waals surface area contributed by atoms with Crippen molar-refractivity contribution in [2.45, 2.75) is 38.6 Å². The minimum absolute atomic E-state index is 0.490. The molecule has 3 N–H and O–H groups in total. The number of aryl methyl sites for hydroxylation is 1. The van der Waals surface area contributed by atoms with Crippen molar-refractivity contribution in [3.05, 3.63) is 29.3 Å². The molecule has 0 heterocycles. The second kappa shape index (κ2) is 4.54. The highest BCUT2D eigenvalue weighted by Crippen LogP contribution is 2.45. The quantitative estimate of drug-likeness (QED) is 0.819. The lowest BCUT2D eigenvalue weighted by molar-refractivity contribution is 0.440. The van der Waals surface area contributed by atoms with Gasteiger partial charge in [-0.2, -0.15) is 0 Å². The van der Waals surface area contributed by atoms with Crippen LogP contribution in [0.15, 0.2) is 18.2 Å². The average molecular weight is 260 g/mol. The van der Waals surface area contributed by atoms with Crippen LogP contribution >= 0.6 is 12.2 Å². The highest BCUT2D eigenvalue weighted by Gasteiger charge is 2.39. The van der Waals surface area contributed by atoms with E-state index in [0.29, 0.717) is 11.0 Å². The van der Waals surface area contributed by atoms with Crippen molar-refractivity contribution in [1.82, 2.24) is 0 Å². The summed E-state index contributed by atoms with van der Waals surface area (Å²) in [4.78, 5) is 0.490. The summed E-state index contributed by atoms with van der Waals surface area (Å²) in [5, 5.41) is 3.68. The topological polar surface area (TPSA) is 38.0 Å². The standard InChI is InChI=1S/C15H20N2S/c1-9-2-5-13(12(6-9)15(16)18)17-14-8-10-3-4-11(14)7-10/h2,5-6,10-11,14,17H,3-4,7-8H2,1H3,(H2,16,18). The number of benzene rings is 1. The maximum absolute atomic E-state index is 5.83. The van der Waals surface area contributed by atoms with Crippen LogP contribution in [-0.4, -0.2) is 11.0 Å². The van der Waals surface area contributed by atoms with Crippen LogP contribution in [0, 0.1) is 18.8 Å². The van der Waals surface area contributed by atoms with E-state index >= 15 is 0 Å².